The van der Waals surface area contributed by atoms with Crippen LogP contribution in [0.1, 0.15) is 98.8 Å². The Balaban J connectivity index is 1.52. The number of rotatable bonds is 5. The monoisotopic (exact) mass is 380 g/mol. The Hall–Kier alpha value is -0.780. The molecular formula is C28H44. The molecule has 3 saturated carbocycles. The number of allylic oxidation sites excluding steroid dienone is 5. The molecule has 3 fully saturated rings. The van der Waals surface area contributed by atoms with E-state index >= 15 is 0 Å². The van der Waals surface area contributed by atoms with Gasteiger partial charge in [-0.3, -0.25) is 0 Å². The molecule has 0 spiro atoms. The van der Waals surface area contributed by atoms with Gasteiger partial charge in [-0.2, -0.15) is 0 Å². The largest absolute Gasteiger partial charge is 0.0996 e. The van der Waals surface area contributed by atoms with Gasteiger partial charge in [0.1, 0.15) is 0 Å². The van der Waals surface area contributed by atoms with Gasteiger partial charge in [0.25, 0.3) is 0 Å². The summed E-state index contributed by atoms with van der Waals surface area (Å²) in [6.45, 7) is 16.8. The van der Waals surface area contributed by atoms with E-state index in [0.29, 0.717) is 16.7 Å². The first kappa shape index (κ1) is 20.5. The second kappa shape index (κ2) is 7.48. The molecular weight excluding hydrogens is 336 g/mol. The molecule has 0 aromatic carbocycles. The Labute approximate surface area is 175 Å². The Bertz CT molecular complexity index is 676. The van der Waals surface area contributed by atoms with E-state index in [1.165, 1.54) is 69.8 Å². The van der Waals surface area contributed by atoms with Crippen LogP contribution in [0.3, 0.4) is 0 Å². The highest BCUT2D eigenvalue weighted by Crippen LogP contribution is 2.66. The fourth-order valence-electron chi connectivity index (χ4n) is 7.91. The van der Waals surface area contributed by atoms with E-state index in [4.69, 9.17) is 0 Å². The summed E-state index contributed by atoms with van der Waals surface area (Å²) in [7, 11) is 0. The van der Waals surface area contributed by atoms with Crippen LogP contribution in [0.15, 0.2) is 35.5 Å². The summed E-state index contributed by atoms with van der Waals surface area (Å²) in [5, 5.41) is 0. The normalized spacial score (nSPS) is 40.9. The van der Waals surface area contributed by atoms with Crippen LogP contribution in [-0.2, 0) is 0 Å². The van der Waals surface area contributed by atoms with Crippen molar-refractivity contribution in [2.75, 3.05) is 0 Å². The summed E-state index contributed by atoms with van der Waals surface area (Å²) < 4.78 is 0. The molecule has 0 N–H and O–H groups in total. The fourth-order valence-corrected chi connectivity index (χ4v) is 7.91. The predicted molar refractivity (Wildman–Crippen MR) is 122 cm³/mol. The van der Waals surface area contributed by atoms with Crippen LogP contribution >= 0.6 is 0 Å². The van der Waals surface area contributed by atoms with Crippen molar-refractivity contribution >= 4 is 0 Å². The lowest BCUT2D eigenvalue weighted by molar-refractivity contribution is 0.0483. The lowest BCUT2D eigenvalue weighted by Gasteiger charge is -2.54. The van der Waals surface area contributed by atoms with E-state index in [0.717, 1.165) is 23.7 Å². The highest BCUT2D eigenvalue weighted by atomic mass is 14.6. The average molecular weight is 381 g/mol. The van der Waals surface area contributed by atoms with E-state index in [2.05, 4.69) is 53.3 Å². The van der Waals surface area contributed by atoms with Gasteiger partial charge >= 0.3 is 0 Å². The minimum absolute atomic E-state index is 0.488. The average Bonchev–Trinajstić information content (AvgIpc) is 3.02. The molecule has 0 saturated heterocycles. The molecule has 156 valence electrons. The minimum atomic E-state index is 0.488. The number of hydrogen-bond donors (Lipinski definition) is 0. The van der Waals surface area contributed by atoms with E-state index < -0.39 is 0 Å². The molecule has 6 atom stereocenters. The minimum Gasteiger partial charge on any atom is -0.0996 e. The summed E-state index contributed by atoms with van der Waals surface area (Å²) in [6, 6.07) is 0. The third kappa shape index (κ3) is 3.18. The first-order valence-electron chi connectivity index (χ1n) is 12.4. The zero-order valence-corrected chi connectivity index (χ0v) is 19.3. The first-order chi connectivity index (χ1) is 13.3. The van der Waals surface area contributed by atoms with Gasteiger partial charge < -0.3 is 0 Å². The van der Waals surface area contributed by atoms with Gasteiger partial charge in [0.05, 0.1) is 0 Å². The topological polar surface area (TPSA) is 0 Å². The molecule has 28 heavy (non-hydrogen) atoms. The van der Waals surface area contributed by atoms with Crippen molar-refractivity contribution < 1.29 is 0 Å². The molecule has 4 aliphatic carbocycles. The van der Waals surface area contributed by atoms with E-state index in [1.54, 1.807) is 5.57 Å². The molecule has 4 aliphatic rings. The van der Waals surface area contributed by atoms with Gasteiger partial charge in [-0.15, -0.1) is 0 Å². The van der Waals surface area contributed by atoms with Crippen LogP contribution in [0.2, 0.25) is 0 Å². The molecule has 0 radical (unpaired) electrons. The third-order valence-corrected chi connectivity index (χ3v) is 9.98. The maximum absolute atomic E-state index is 4.34. The summed E-state index contributed by atoms with van der Waals surface area (Å²) in [6.07, 6.45) is 19.2. The third-order valence-electron chi connectivity index (χ3n) is 9.98. The highest BCUT2D eigenvalue weighted by molar-refractivity contribution is 5.38. The van der Waals surface area contributed by atoms with Crippen LogP contribution in [0.5, 0.6) is 0 Å². The molecule has 0 bridgehead atoms. The van der Waals surface area contributed by atoms with Crippen molar-refractivity contribution in [2.24, 2.45) is 40.4 Å². The van der Waals surface area contributed by atoms with E-state index in [9.17, 15) is 0 Å². The Kier molecular flexibility index (Phi) is 5.47. The van der Waals surface area contributed by atoms with Gasteiger partial charge in [-0.05, 0) is 98.2 Å². The molecule has 0 aliphatic heterocycles. The zero-order chi connectivity index (χ0) is 20.1. The Morgan fingerprint density at radius 3 is 2.57 bits per heavy atom. The van der Waals surface area contributed by atoms with Crippen LogP contribution < -0.4 is 0 Å². The Morgan fingerprint density at radius 2 is 1.82 bits per heavy atom. The molecule has 0 nitrogen and oxygen atoms in total. The summed E-state index contributed by atoms with van der Waals surface area (Å²) in [4.78, 5) is 0. The molecule has 0 aromatic heterocycles. The van der Waals surface area contributed by atoms with Crippen LogP contribution in [0.25, 0.3) is 0 Å². The second-order valence-corrected chi connectivity index (χ2v) is 11.6. The lowest BCUT2D eigenvalue weighted by atomic mass is 9.50. The smallest absolute Gasteiger partial charge is 0.00476 e. The van der Waals surface area contributed by atoms with Crippen molar-refractivity contribution in [3.63, 3.8) is 0 Å². The fraction of sp³-hybridized carbons (Fsp3) is 0.786. The van der Waals surface area contributed by atoms with Gasteiger partial charge in [0, 0.05) is 0 Å². The lowest BCUT2D eigenvalue weighted by Crippen LogP contribution is -2.45. The molecule has 0 heteroatoms. The second-order valence-electron chi connectivity index (χ2n) is 11.6. The maximum atomic E-state index is 4.34. The zero-order valence-electron chi connectivity index (χ0n) is 19.3. The molecule has 0 unspecified atom stereocenters. The van der Waals surface area contributed by atoms with Gasteiger partial charge in [0.2, 0.25) is 0 Å². The van der Waals surface area contributed by atoms with Crippen LogP contribution in [0, 0.1) is 40.4 Å². The van der Waals surface area contributed by atoms with Gasteiger partial charge in [-0.1, -0.05) is 76.5 Å². The summed E-state index contributed by atoms with van der Waals surface area (Å²) in [5.41, 5.74) is 6.13. The number of hydrogen-bond acceptors (Lipinski definition) is 0. The van der Waals surface area contributed by atoms with Crippen molar-refractivity contribution in [3.8, 4) is 0 Å². The van der Waals surface area contributed by atoms with Crippen molar-refractivity contribution in [1.82, 2.24) is 0 Å². The molecule has 0 heterocycles. The number of fused-ring (bicyclic) bond motifs is 5. The van der Waals surface area contributed by atoms with Crippen LogP contribution in [-0.4, -0.2) is 0 Å². The molecule has 0 aromatic rings. The Morgan fingerprint density at radius 1 is 1.04 bits per heavy atom. The van der Waals surface area contributed by atoms with Crippen LogP contribution in [0.4, 0.5) is 0 Å². The van der Waals surface area contributed by atoms with Gasteiger partial charge in [-0.25, -0.2) is 0 Å². The van der Waals surface area contributed by atoms with E-state index in [1.807, 2.05) is 5.57 Å². The maximum Gasteiger partial charge on any atom is -0.00476 e. The summed E-state index contributed by atoms with van der Waals surface area (Å²) in [5.74, 6) is 4.08. The van der Waals surface area contributed by atoms with Gasteiger partial charge in [0.15, 0.2) is 0 Å². The van der Waals surface area contributed by atoms with Crippen molar-refractivity contribution in [1.29, 1.82) is 0 Å². The quantitative estimate of drug-likeness (QED) is 0.419. The van der Waals surface area contributed by atoms with Crippen molar-refractivity contribution in [3.05, 3.63) is 35.5 Å². The molecule has 0 amide bonds. The highest BCUT2D eigenvalue weighted by Gasteiger charge is 2.56. The SMILES string of the molecule is C=C(CC[C@@H](C)[C@H]1CC[C@H]2C3=CC=C4CCCC[C@]4(C)[C@H]3CC[C@]12C)C(C)C. The summed E-state index contributed by atoms with van der Waals surface area (Å²) >= 11 is 0. The standard InChI is InChI=1S/C28H44/c1-19(2)20(3)10-11-21(4)24-14-15-25-23-13-12-22-9-7-8-17-27(22,5)26(23)16-18-28(24,25)6/h12-13,19,21,24-26H,3,7-11,14-18H2,1-2,4-6H3/t21-,24-,25+,26+,27+,28-/m1/s1. The first-order valence-corrected chi connectivity index (χ1v) is 12.4. The molecule has 4 rings (SSSR count). The van der Waals surface area contributed by atoms with E-state index in [-0.39, 0.29) is 0 Å². The van der Waals surface area contributed by atoms with Crippen molar-refractivity contribution in [2.45, 2.75) is 98.8 Å². The predicted octanol–water partition coefficient (Wildman–Crippen LogP) is 8.50.